The van der Waals surface area contributed by atoms with Crippen LogP contribution >= 0.6 is 11.6 Å². The molecule has 3 aliphatic rings. The van der Waals surface area contributed by atoms with Crippen LogP contribution in [0.5, 0.6) is 0 Å². The van der Waals surface area contributed by atoms with Gasteiger partial charge in [-0.15, -0.1) is 0 Å². The lowest BCUT2D eigenvalue weighted by molar-refractivity contribution is -0.0403. The van der Waals surface area contributed by atoms with E-state index in [0.29, 0.717) is 5.03 Å². The standard InChI is InChI=1S/C13H14ClNO/c14-11-3-1-2-10-4-5-13(16-12(10)11)6-8-15-9-7-13/h3,15H,4-9H2. The molecule has 0 saturated carbocycles. The summed E-state index contributed by atoms with van der Waals surface area (Å²) in [5, 5.41) is 4.04. The van der Waals surface area contributed by atoms with Crippen LogP contribution < -0.4 is 5.32 Å². The highest BCUT2D eigenvalue weighted by Crippen LogP contribution is 2.42. The van der Waals surface area contributed by atoms with Crippen LogP contribution in [0.2, 0.25) is 0 Å². The number of hydrogen-bond acceptors (Lipinski definition) is 2. The van der Waals surface area contributed by atoms with E-state index in [9.17, 15) is 0 Å². The van der Waals surface area contributed by atoms with Gasteiger partial charge in [0.05, 0.1) is 5.03 Å². The third-order valence-corrected chi connectivity index (χ3v) is 3.86. The molecule has 2 nitrogen and oxygen atoms in total. The normalized spacial score (nSPS) is 26.4. The molecular formula is C13H14ClNO. The molecule has 0 amide bonds. The Morgan fingerprint density at radius 1 is 1.31 bits per heavy atom. The van der Waals surface area contributed by atoms with Gasteiger partial charge in [0.25, 0.3) is 0 Å². The van der Waals surface area contributed by atoms with Crippen molar-refractivity contribution in [3.8, 4) is 0 Å². The highest BCUT2D eigenvalue weighted by atomic mass is 35.5. The summed E-state index contributed by atoms with van der Waals surface area (Å²) >= 11 is 6.15. The van der Waals surface area contributed by atoms with Crippen molar-refractivity contribution < 1.29 is 4.74 Å². The Bertz CT molecular complexity index is 445. The summed E-state index contributed by atoms with van der Waals surface area (Å²) < 4.78 is 6.17. The molecule has 0 aromatic heterocycles. The lowest BCUT2D eigenvalue weighted by Gasteiger charge is -2.42. The fourth-order valence-corrected chi connectivity index (χ4v) is 2.80. The fourth-order valence-electron chi connectivity index (χ4n) is 2.59. The number of piperidine rings is 1. The monoisotopic (exact) mass is 235 g/mol. The summed E-state index contributed by atoms with van der Waals surface area (Å²) in [6, 6.07) is 0. The van der Waals surface area contributed by atoms with Gasteiger partial charge in [0.2, 0.25) is 0 Å². The summed E-state index contributed by atoms with van der Waals surface area (Å²) in [7, 11) is 0. The number of fused-ring (bicyclic) bond motifs is 1. The topological polar surface area (TPSA) is 21.3 Å². The highest BCUT2D eigenvalue weighted by Gasteiger charge is 2.39. The molecule has 0 bridgehead atoms. The Hall–Kier alpha value is -0.910. The van der Waals surface area contributed by atoms with Crippen LogP contribution in [-0.2, 0) is 4.74 Å². The Morgan fingerprint density at radius 3 is 2.94 bits per heavy atom. The lowest BCUT2D eigenvalue weighted by Crippen LogP contribution is -2.45. The predicted molar refractivity (Wildman–Crippen MR) is 63.1 cm³/mol. The van der Waals surface area contributed by atoms with Gasteiger partial charge in [-0.05, 0) is 38.8 Å². The van der Waals surface area contributed by atoms with Crippen LogP contribution in [0, 0.1) is 0 Å². The minimum absolute atomic E-state index is 0.0110. The number of nitrogens with one attached hydrogen (secondary N) is 1. The number of halogens is 1. The maximum absolute atomic E-state index is 6.17. The summed E-state index contributed by atoms with van der Waals surface area (Å²) in [6.07, 6.45) is 5.96. The third kappa shape index (κ3) is 1.65. The van der Waals surface area contributed by atoms with Crippen LogP contribution in [0.4, 0.5) is 0 Å². The summed E-state index contributed by atoms with van der Waals surface area (Å²) in [5.41, 5.74) is 7.12. The van der Waals surface area contributed by atoms with Crippen molar-refractivity contribution in [2.45, 2.75) is 31.3 Å². The average molecular weight is 236 g/mol. The Kier molecular flexibility index (Phi) is 2.46. The fraction of sp³-hybridized carbons (Fsp3) is 0.538. The van der Waals surface area contributed by atoms with Gasteiger partial charge in [0, 0.05) is 11.6 Å². The molecule has 0 aromatic carbocycles. The molecule has 1 aliphatic carbocycles. The first-order chi connectivity index (χ1) is 7.79. The van der Waals surface area contributed by atoms with Gasteiger partial charge in [-0.3, -0.25) is 0 Å². The van der Waals surface area contributed by atoms with Gasteiger partial charge in [0.15, 0.2) is 5.76 Å². The zero-order valence-corrected chi connectivity index (χ0v) is 9.86. The van der Waals surface area contributed by atoms with Gasteiger partial charge >= 0.3 is 0 Å². The second-order valence-electron chi connectivity index (χ2n) is 4.60. The van der Waals surface area contributed by atoms with Crippen LogP contribution in [0.25, 0.3) is 0 Å². The van der Waals surface area contributed by atoms with Crippen LogP contribution in [-0.4, -0.2) is 18.7 Å². The molecule has 3 rings (SSSR count). The first kappa shape index (κ1) is 10.3. The Balaban J connectivity index is 1.90. The number of hydrogen-bond donors (Lipinski definition) is 1. The van der Waals surface area contributed by atoms with E-state index < -0.39 is 0 Å². The van der Waals surface area contributed by atoms with Crippen molar-refractivity contribution in [1.29, 1.82) is 0 Å². The number of rotatable bonds is 0. The Labute approximate surface area is 100 Å². The van der Waals surface area contributed by atoms with E-state index >= 15 is 0 Å². The molecule has 84 valence electrons. The summed E-state index contributed by atoms with van der Waals surface area (Å²) in [4.78, 5) is 0. The molecule has 2 fully saturated rings. The number of ether oxygens (including phenoxy) is 1. The third-order valence-electron chi connectivity index (χ3n) is 3.58. The smallest absolute Gasteiger partial charge is 0.150 e. The molecule has 0 atom stereocenters. The molecule has 1 spiro atoms. The lowest BCUT2D eigenvalue weighted by atomic mass is 9.83. The van der Waals surface area contributed by atoms with Gasteiger partial charge in [-0.2, -0.15) is 0 Å². The molecule has 2 aliphatic heterocycles. The van der Waals surface area contributed by atoms with Crippen molar-refractivity contribution in [2.75, 3.05) is 13.1 Å². The molecular weight excluding hydrogens is 222 g/mol. The second-order valence-corrected chi connectivity index (χ2v) is 5.01. The van der Waals surface area contributed by atoms with Crippen molar-refractivity contribution in [3.05, 3.63) is 33.9 Å². The van der Waals surface area contributed by atoms with E-state index in [-0.39, 0.29) is 5.60 Å². The average Bonchev–Trinajstić information content (AvgIpc) is 2.32. The number of allylic oxidation sites excluding steroid dienone is 3. The van der Waals surface area contributed by atoms with Crippen molar-refractivity contribution in [3.63, 3.8) is 0 Å². The van der Waals surface area contributed by atoms with Crippen molar-refractivity contribution in [1.82, 2.24) is 5.32 Å². The van der Waals surface area contributed by atoms with Crippen molar-refractivity contribution >= 4 is 11.6 Å². The van der Waals surface area contributed by atoms with E-state index in [2.05, 4.69) is 16.8 Å². The molecule has 0 radical (unpaired) electrons. The Morgan fingerprint density at radius 2 is 2.12 bits per heavy atom. The quantitative estimate of drug-likeness (QED) is 0.652. The van der Waals surface area contributed by atoms with Gasteiger partial charge < -0.3 is 10.1 Å². The van der Waals surface area contributed by atoms with Crippen molar-refractivity contribution in [2.24, 2.45) is 0 Å². The van der Waals surface area contributed by atoms with E-state index in [1.165, 1.54) is 0 Å². The first-order valence-electron chi connectivity index (χ1n) is 5.80. The van der Waals surface area contributed by atoms with Gasteiger partial charge in [0.1, 0.15) is 5.60 Å². The maximum atomic E-state index is 6.17. The molecule has 2 saturated heterocycles. The SMILES string of the molecule is ClC1=C2OC3(CCNCC3)CCC2=C=C=C1. The molecule has 0 unspecified atom stereocenters. The molecule has 1 N–H and O–H groups in total. The molecule has 3 heteroatoms. The summed E-state index contributed by atoms with van der Waals surface area (Å²) in [5.74, 6) is 0.841. The highest BCUT2D eigenvalue weighted by molar-refractivity contribution is 6.31. The van der Waals surface area contributed by atoms with Crippen LogP contribution in [0.15, 0.2) is 33.9 Å². The maximum Gasteiger partial charge on any atom is 0.150 e. The largest absolute Gasteiger partial charge is 0.485 e. The predicted octanol–water partition coefficient (Wildman–Crippen LogP) is 2.62. The van der Waals surface area contributed by atoms with E-state index in [1.54, 1.807) is 6.08 Å². The van der Waals surface area contributed by atoms with Gasteiger partial charge in [-0.25, -0.2) is 0 Å². The van der Waals surface area contributed by atoms with E-state index in [0.717, 1.165) is 50.1 Å². The minimum Gasteiger partial charge on any atom is -0.485 e. The molecule has 16 heavy (non-hydrogen) atoms. The van der Waals surface area contributed by atoms with E-state index in [1.807, 2.05) is 0 Å². The molecule has 2 heterocycles. The first-order valence-corrected chi connectivity index (χ1v) is 6.17. The summed E-state index contributed by atoms with van der Waals surface area (Å²) in [6.45, 7) is 2.07. The van der Waals surface area contributed by atoms with Crippen LogP contribution in [0.1, 0.15) is 25.7 Å². The van der Waals surface area contributed by atoms with Crippen LogP contribution in [0.3, 0.4) is 0 Å². The molecule has 0 aromatic rings. The zero-order valence-electron chi connectivity index (χ0n) is 9.11. The minimum atomic E-state index is 0.0110. The second kappa shape index (κ2) is 3.84. The zero-order chi connectivity index (χ0) is 11.0. The van der Waals surface area contributed by atoms with Gasteiger partial charge in [-0.1, -0.05) is 23.1 Å². The van der Waals surface area contributed by atoms with E-state index in [4.69, 9.17) is 16.3 Å².